The van der Waals surface area contributed by atoms with Gasteiger partial charge < -0.3 is 0 Å². The highest BCUT2D eigenvalue weighted by molar-refractivity contribution is 8.01. The van der Waals surface area contributed by atoms with Gasteiger partial charge in [-0.15, -0.1) is 0 Å². The van der Waals surface area contributed by atoms with Crippen LogP contribution in [0.4, 0.5) is 0 Å². The van der Waals surface area contributed by atoms with E-state index in [1.165, 1.54) is 6.26 Å². The maximum Gasteiger partial charge on any atom is 0.148 e. The molecular formula is C8H15NO2S2. The van der Waals surface area contributed by atoms with Crippen molar-refractivity contribution in [1.82, 2.24) is 0 Å². The topological polar surface area (TPSA) is 57.9 Å². The number of nitriles is 1. The zero-order chi connectivity index (χ0) is 10.3. The van der Waals surface area contributed by atoms with Gasteiger partial charge in [0.15, 0.2) is 0 Å². The molecule has 0 radical (unpaired) electrons. The molecule has 0 aromatic carbocycles. The summed E-state index contributed by atoms with van der Waals surface area (Å²) in [7, 11) is -2.85. The van der Waals surface area contributed by atoms with E-state index in [0.717, 1.165) is 6.42 Å². The fourth-order valence-corrected chi connectivity index (χ4v) is 3.15. The molecule has 0 spiro atoms. The zero-order valence-electron chi connectivity index (χ0n) is 7.99. The summed E-state index contributed by atoms with van der Waals surface area (Å²) >= 11 is 1.57. The van der Waals surface area contributed by atoms with Crippen molar-refractivity contribution in [3.05, 3.63) is 0 Å². The molecule has 5 heteroatoms. The Labute approximate surface area is 84.4 Å². The summed E-state index contributed by atoms with van der Waals surface area (Å²) in [5.74, 6) is 0.804. The van der Waals surface area contributed by atoms with Crippen LogP contribution in [0.2, 0.25) is 0 Å². The third-order valence-electron chi connectivity index (χ3n) is 1.58. The first-order valence-corrected chi connectivity index (χ1v) is 7.26. The van der Waals surface area contributed by atoms with E-state index in [0.29, 0.717) is 12.2 Å². The third kappa shape index (κ3) is 8.13. The molecule has 1 unspecified atom stereocenters. The van der Waals surface area contributed by atoms with Crippen molar-refractivity contribution in [2.24, 2.45) is 0 Å². The Balaban J connectivity index is 3.69. The SMILES string of the molecule is CCC(CC#N)SCCS(C)(=O)=O. The first-order chi connectivity index (χ1) is 5.99. The van der Waals surface area contributed by atoms with E-state index < -0.39 is 9.84 Å². The molecule has 0 saturated heterocycles. The predicted octanol–water partition coefficient (Wildman–Crippen LogP) is 1.46. The van der Waals surface area contributed by atoms with Gasteiger partial charge in [-0.2, -0.15) is 17.0 Å². The number of thioether (sulfide) groups is 1. The molecule has 0 rings (SSSR count). The third-order valence-corrected chi connectivity index (χ3v) is 4.20. The predicted molar refractivity (Wildman–Crippen MR) is 56.5 cm³/mol. The largest absolute Gasteiger partial charge is 0.229 e. The van der Waals surface area contributed by atoms with Crippen LogP contribution in [-0.2, 0) is 9.84 Å². The lowest BCUT2D eigenvalue weighted by atomic mass is 10.3. The normalized spacial score (nSPS) is 13.6. The van der Waals surface area contributed by atoms with Gasteiger partial charge in [0, 0.05) is 23.7 Å². The number of hydrogen-bond acceptors (Lipinski definition) is 4. The minimum atomic E-state index is -2.85. The second kappa shape index (κ2) is 6.28. The average molecular weight is 221 g/mol. The molecule has 76 valence electrons. The van der Waals surface area contributed by atoms with Crippen LogP contribution in [0.25, 0.3) is 0 Å². The van der Waals surface area contributed by atoms with Gasteiger partial charge in [0.05, 0.1) is 11.8 Å². The van der Waals surface area contributed by atoms with Gasteiger partial charge in [-0.05, 0) is 6.42 Å². The van der Waals surface area contributed by atoms with Gasteiger partial charge in [0.25, 0.3) is 0 Å². The average Bonchev–Trinajstić information content (AvgIpc) is 2.01. The first kappa shape index (κ1) is 12.8. The molecule has 0 aliphatic heterocycles. The van der Waals surface area contributed by atoms with Crippen molar-refractivity contribution in [1.29, 1.82) is 5.26 Å². The number of hydrogen-bond donors (Lipinski definition) is 0. The van der Waals surface area contributed by atoms with Crippen LogP contribution < -0.4 is 0 Å². The molecule has 0 bridgehead atoms. The Morgan fingerprint density at radius 1 is 1.54 bits per heavy atom. The molecule has 0 heterocycles. The van der Waals surface area contributed by atoms with Crippen LogP contribution in [0.5, 0.6) is 0 Å². The zero-order valence-corrected chi connectivity index (χ0v) is 9.62. The monoisotopic (exact) mass is 221 g/mol. The van der Waals surface area contributed by atoms with Crippen molar-refractivity contribution >= 4 is 21.6 Å². The molecule has 13 heavy (non-hydrogen) atoms. The molecule has 0 aliphatic carbocycles. The number of rotatable bonds is 6. The summed E-state index contributed by atoms with van der Waals surface area (Å²) in [6, 6.07) is 2.10. The van der Waals surface area contributed by atoms with Crippen LogP contribution in [-0.4, -0.2) is 31.4 Å². The van der Waals surface area contributed by atoms with Crippen LogP contribution >= 0.6 is 11.8 Å². The van der Waals surface area contributed by atoms with Crippen molar-refractivity contribution < 1.29 is 8.42 Å². The van der Waals surface area contributed by atoms with E-state index in [4.69, 9.17) is 5.26 Å². The molecule has 0 amide bonds. The molecule has 0 N–H and O–H groups in total. The molecule has 3 nitrogen and oxygen atoms in total. The summed E-state index contributed by atoms with van der Waals surface area (Å²) < 4.78 is 21.6. The van der Waals surface area contributed by atoms with E-state index in [-0.39, 0.29) is 11.0 Å². The van der Waals surface area contributed by atoms with Crippen LogP contribution in [0.1, 0.15) is 19.8 Å². The number of nitrogens with zero attached hydrogens (tertiary/aromatic N) is 1. The fourth-order valence-electron chi connectivity index (χ4n) is 0.789. The van der Waals surface area contributed by atoms with Crippen LogP contribution in [0.3, 0.4) is 0 Å². The van der Waals surface area contributed by atoms with Gasteiger partial charge >= 0.3 is 0 Å². The van der Waals surface area contributed by atoms with Gasteiger partial charge in [-0.1, -0.05) is 6.92 Å². The van der Waals surface area contributed by atoms with Crippen molar-refractivity contribution in [2.45, 2.75) is 25.0 Å². The lowest BCUT2D eigenvalue weighted by Crippen LogP contribution is -2.09. The van der Waals surface area contributed by atoms with Gasteiger partial charge in [0.2, 0.25) is 0 Å². The quantitative estimate of drug-likeness (QED) is 0.681. The molecular weight excluding hydrogens is 206 g/mol. The summed E-state index contributed by atoms with van der Waals surface area (Å²) in [5.41, 5.74) is 0. The Bertz CT molecular complexity index is 266. The van der Waals surface area contributed by atoms with E-state index in [9.17, 15) is 8.42 Å². The Morgan fingerprint density at radius 2 is 2.15 bits per heavy atom. The second-order valence-electron chi connectivity index (χ2n) is 2.89. The maximum atomic E-state index is 10.8. The van der Waals surface area contributed by atoms with Gasteiger partial charge in [-0.25, -0.2) is 8.42 Å². The highest BCUT2D eigenvalue weighted by atomic mass is 32.2. The Morgan fingerprint density at radius 3 is 2.54 bits per heavy atom. The Hall–Kier alpha value is -0.210. The first-order valence-electron chi connectivity index (χ1n) is 4.16. The molecule has 0 aromatic heterocycles. The van der Waals surface area contributed by atoms with E-state index in [1.807, 2.05) is 6.92 Å². The van der Waals surface area contributed by atoms with Crippen LogP contribution in [0, 0.1) is 11.3 Å². The summed E-state index contributed by atoms with van der Waals surface area (Å²) in [6.45, 7) is 2.01. The number of sulfone groups is 1. The molecule has 0 saturated carbocycles. The lowest BCUT2D eigenvalue weighted by Gasteiger charge is -2.09. The highest BCUT2D eigenvalue weighted by Gasteiger charge is 2.08. The van der Waals surface area contributed by atoms with Gasteiger partial charge in [0.1, 0.15) is 9.84 Å². The summed E-state index contributed by atoms with van der Waals surface area (Å²) in [4.78, 5) is 0. The minimum absolute atomic E-state index is 0.208. The van der Waals surface area contributed by atoms with Crippen molar-refractivity contribution in [3.63, 3.8) is 0 Å². The van der Waals surface area contributed by atoms with E-state index >= 15 is 0 Å². The molecule has 1 atom stereocenters. The molecule has 0 fully saturated rings. The highest BCUT2D eigenvalue weighted by Crippen LogP contribution is 2.17. The van der Waals surface area contributed by atoms with E-state index in [2.05, 4.69) is 6.07 Å². The van der Waals surface area contributed by atoms with E-state index in [1.54, 1.807) is 11.8 Å². The standard InChI is InChI=1S/C8H15NO2S2/c1-3-8(4-5-9)12-6-7-13(2,10)11/h8H,3-4,6-7H2,1-2H3. The fraction of sp³-hybridized carbons (Fsp3) is 0.875. The lowest BCUT2D eigenvalue weighted by molar-refractivity contribution is 0.603. The summed E-state index contributed by atoms with van der Waals surface area (Å²) in [6.07, 6.45) is 2.66. The Kier molecular flexibility index (Phi) is 6.17. The van der Waals surface area contributed by atoms with Crippen molar-refractivity contribution in [2.75, 3.05) is 17.8 Å². The molecule has 0 aromatic rings. The second-order valence-corrected chi connectivity index (χ2v) is 6.56. The molecule has 0 aliphatic rings. The smallest absolute Gasteiger partial charge is 0.148 e. The minimum Gasteiger partial charge on any atom is -0.229 e. The van der Waals surface area contributed by atoms with Gasteiger partial charge in [-0.3, -0.25) is 0 Å². The van der Waals surface area contributed by atoms with Crippen molar-refractivity contribution in [3.8, 4) is 6.07 Å². The van der Waals surface area contributed by atoms with Crippen LogP contribution in [0.15, 0.2) is 0 Å². The maximum absolute atomic E-state index is 10.8. The summed E-state index contributed by atoms with van der Waals surface area (Å²) in [5, 5.41) is 8.73.